The van der Waals surface area contributed by atoms with Gasteiger partial charge in [0.25, 0.3) is 0 Å². The molecular formula is C14H28N4O. The minimum atomic E-state index is 0.175. The van der Waals surface area contributed by atoms with Gasteiger partial charge in [0, 0.05) is 25.1 Å². The van der Waals surface area contributed by atoms with E-state index in [-0.39, 0.29) is 12.1 Å². The molecule has 0 aliphatic rings. The van der Waals surface area contributed by atoms with Gasteiger partial charge in [0.05, 0.1) is 6.10 Å². The van der Waals surface area contributed by atoms with Gasteiger partial charge in [0.2, 0.25) is 0 Å². The van der Waals surface area contributed by atoms with E-state index in [9.17, 15) is 0 Å². The second-order valence-electron chi connectivity index (χ2n) is 5.14. The summed E-state index contributed by atoms with van der Waals surface area (Å²) in [7, 11) is 0. The Labute approximate surface area is 116 Å². The van der Waals surface area contributed by atoms with E-state index in [0.29, 0.717) is 6.04 Å². The summed E-state index contributed by atoms with van der Waals surface area (Å²) in [6.07, 6.45) is 3.78. The molecule has 5 nitrogen and oxygen atoms in total. The third kappa shape index (κ3) is 4.91. The van der Waals surface area contributed by atoms with Gasteiger partial charge in [-0.1, -0.05) is 6.92 Å². The standard InChI is InChI=1S/C14H28N4O/c1-6-8-15-13(12(5)19-7-2)9-14-16-10-17-18(14)11(3)4/h10-13,15H,6-9H2,1-5H3. The van der Waals surface area contributed by atoms with Gasteiger partial charge >= 0.3 is 0 Å². The number of nitrogens with zero attached hydrogens (tertiary/aromatic N) is 3. The van der Waals surface area contributed by atoms with Crippen LogP contribution in [0.3, 0.4) is 0 Å². The van der Waals surface area contributed by atoms with Crippen molar-refractivity contribution in [2.24, 2.45) is 0 Å². The maximum atomic E-state index is 5.73. The van der Waals surface area contributed by atoms with E-state index in [1.807, 2.05) is 11.6 Å². The number of aromatic nitrogens is 3. The number of nitrogens with one attached hydrogen (secondary N) is 1. The number of hydrogen-bond donors (Lipinski definition) is 1. The molecule has 0 saturated heterocycles. The SMILES string of the molecule is CCCNC(Cc1ncnn1C(C)C)C(C)OCC. The Hall–Kier alpha value is -0.940. The Morgan fingerprint density at radius 2 is 2.05 bits per heavy atom. The van der Waals surface area contributed by atoms with Gasteiger partial charge in [0.15, 0.2) is 0 Å². The Balaban J connectivity index is 2.72. The zero-order valence-electron chi connectivity index (χ0n) is 12.9. The van der Waals surface area contributed by atoms with E-state index in [1.54, 1.807) is 6.33 Å². The van der Waals surface area contributed by atoms with E-state index in [1.165, 1.54) is 0 Å². The maximum Gasteiger partial charge on any atom is 0.138 e. The fourth-order valence-electron chi connectivity index (χ4n) is 2.16. The molecule has 0 aliphatic carbocycles. The van der Waals surface area contributed by atoms with Crippen LogP contribution in [-0.2, 0) is 11.2 Å². The minimum absolute atomic E-state index is 0.175. The third-order valence-corrected chi connectivity index (χ3v) is 3.19. The molecule has 0 amide bonds. The van der Waals surface area contributed by atoms with Crippen LogP contribution in [0.4, 0.5) is 0 Å². The van der Waals surface area contributed by atoms with Crippen LogP contribution in [0, 0.1) is 0 Å². The van der Waals surface area contributed by atoms with Crippen LogP contribution in [0.15, 0.2) is 6.33 Å². The first kappa shape index (κ1) is 16.1. The van der Waals surface area contributed by atoms with Gasteiger partial charge in [-0.05, 0) is 40.7 Å². The second-order valence-corrected chi connectivity index (χ2v) is 5.14. The summed E-state index contributed by atoms with van der Waals surface area (Å²) >= 11 is 0. The Bertz CT molecular complexity index is 351. The summed E-state index contributed by atoms with van der Waals surface area (Å²) in [6, 6.07) is 0.619. The molecule has 0 fully saturated rings. The Morgan fingerprint density at radius 3 is 2.63 bits per heavy atom. The van der Waals surface area contributed by atoms with Crippen molar-refractivity contribution >= 4 is 0 Å². The lowest BCUT2D eigenvalue weighted by molar-refractivity contribution is 0.0467. The van der Waals surface area contributed by atoms with E-state index in [0.717, 1.165) is 31.8 Å². The molecule has 0 bridgehead atoms. The highest BCUT2D eigenvalue weighted by molar-refractivity contribution is 4.93. The first-order chi connectivity index (χ1) is 9.10. The average Bonchev–Trinajstić information content (AvgIpc) is 2.82. The van der Waals surface area contributed by atoms with Crippen molar-refractivity contribution in [2.75, 3.05) is 13.2 Å². The maximum absolute atomic E-state index is 5.73. The molecule has 0 spiro atoms. The number of ether oxygens (including phenoxy) is 1. The zero-order valence-corrected chi connectivity index (χ0v) is 12.9. The van der Waals surface area contributed by atoms with Crippen LogP contribution < -0.4 is 5.32 Å². The van der Waals surface area contributed by atoms with Crippen molar-refractivity contribution in [1.29, 1.82) is 0 Å². The molecule has 5 heteroatoms. The quantitative estimate of drug-likeness (QED) is 0.746. The van der Waals surface area contributed by atoms with Gasteiger partial charge in [0.1, 0.15) is 12.2 Å². The lowest BCUT2D eigenvalue weighted by atomic mass is 10.1. The summed E-state index contributed by atoms with van der Waals surface area (Å²) in [5.41, 5.74) is 0. The largest absolute Gasteiger partial charge is 0.377 e. The van der Waals surface area contributed by atoms with E-state index >= 15 is 0 Å². The predicted molar refractivity (Wildman–Crippen MR) is 77.3 cm³/mol. The Kier molecular flexibility index (Phi) is 7.02. The summed E-state index contributed by atoms with van der Waals surface area (Å²) in [6.45, 7) is 12.3. The van der Waals surface area contributed by atoms with Crippen molar-refractivity contribution in [3.63, 3.8) is 0 Å². The van der Waals surface area contributed by atoms with Crippen LogP contribution in [-0.4, -0.2) is 40.1 Å². The molecule has 1 N–H and O–H groups in total. The van der Waals surface area contributed by atoms with Crippen molar-refractivity contribution in [3.8, 4) is 0 Å². The zero-order chi connectivity index (χ0) is 14.3. The normalized spacial score (nSPS) is 14.8. The van der Waals surface area contributed by atoms with Gasteiger partial charge in [-0.15, -0.1) is 0 Å². The fourth-order valence-corrected chi connectivity index (χ4v) is 2.16. The van der Waals surface area contributed by atoms with E-state index in [4.69, 9.17) is 4.74 Å². The molecule has 0 aromatic carbocycles. The second kappa shape index (κ2) is 8.27. The van der Waals surface area contributed by atoms with Crippen LogP contribution in [0.5, 0.6) is 0 Å². The molecule has 1 aromatic rings. The first-order valence-corrected chi connectivity index (χ1v) is 7.33. The molecule has 2 atom stereocenters. The molecular weight excluding hydrogens is 240 g/mol. The van der Waals surface area contributed by atoms with Crippen molar-refractivity contribution in [1.82, 2.24) is 20.1 Å². The molecule has 2 unspecified atom stereocenters. The highest BCUT2D eigenvalue weighted by Gasteiger charge is 2.20. The lowest BCUT2D eigenvalue weighted by Crippen LogP contribution is -2.42. The predicted octanol–water partition coefficient (Wildman–Crippen LogP) is 2.19. The van der Waals surface area contributed by atoms with E-state index < -0.39 is 0 Å². The minimum Gasteiger partial charge on any atom is -0.377 e. The smallest absolute Gasteiger partial charge is 0.138 e. The third-order valence-electron chi connectivity index (χ3n) is 3.19. The topological polar surface area (TPSA) is 52.0 Å². The lowest BCUT2D eigenvalue weighted by Gasteiger charge is -2.25. The molecule has 1 aromatic heterocycles. The van der Waals surface area contributed by atoms with Crippen LogP contribution in [0.1, 0.15) is 52.9 Å². The monoisotopic (exact) mass is 268 g/mol. The average molecular weight is 268 g/mol. The number of hydrogen-bond acceptors (Lipinski definition) is 4. The summed E-state index contributed by atoms with van der Waals surface area (Å²) in [5, 5.41) is 7.84. The molecule has 0 radical (unpaired) electrons. The highest BCUT2D eigenvalue weighted by atomic mass is 16.5. The van der Waals surface area contributed by atoms with Gasteiger partial charge in [-0.25, -0.2) is 9.67 Å². The summed E-state index contributed by atoms with van der Waals surface area (Å²) in [5.74, 6) is 1.02. The molecule has 1 rings (SSSR count). The molecule has 110 valence electrons. The van der Waals surface area contributed by atoms with Gasteiger partial charge in [-0.2, -0.15) is 5.10 Å². The van der Waals surface area contributed by atoms with Crippen LogP contribution >= 0.6 is 0 Å². The number of rotatable bonds is 9. The summed E-state index contributed by atoms with van der Waals surface area (Å²) in [4.78, 5) is 4.38. The van der Waals surface area contributed by atoms with Gasteiger partial charge in [-0.3, -0.25) is 0 Å². The summed E-state index contributed by atoms with van der Waals surface area (Å²) < 4.78 is 7.72. The highest BCUT2D eigenvalue weighted by Crippen LogP contribution is 2.10. The first-order valence-electron chi connectivity index (χ1n) is 7.33. The van der Waals surface area contributed by atoms with Crippen LogP contribution in [0.2, 0.25) is 0 Å². The van der Waals surface area contributed by atoms with Crippen LogP contribution in [0.25, 0.3) is 0 Å². The van der Waals surface area contributed by atoms with E-state index in [2.05, 4.69) is 43.1 Å². The molecule has 19 heavy (non-hydrogen) atoms. The van der Waals surface area contributed by atoms with Crippen molar-refractivity contribution in [2.45, 2.75) is 65.6 Å². The molecule has 0 saturated carbocycles. The Morgan fingerprint density at radius 1 is 1.32 bits per heavy atom. The van der Waals surface area contributed by atoms with Gasteiger partial charge < -0.3 is 10.1 Å². The van der Waals surface area contributed by atoms with Crippen molar-refractivity contribution < 1.29 is 4.74 Å². The molecule has 1 heterocycles. The fraction of sp³-hybridized carbons (Fsp3) is 0.857. The van der Waals surface area contributed by atoms with Crippen molar-refractivity contribution in [3.05, 3.63) is 12.2 Å². The molecule has 0 aliphatic heterocycles.